The van der Waals surface area contributed by atoms with Crippen LogP contribution in [0.3, 0.4) is 0 Å². The van der Waals surface area contributed by atoms with E-state index in [0.717, 1.165) is 35.9 Å². The maximum Gasteiger partial charge on any atom is 0.329 e. The second kappa shape index (κ2) is 8.68. The summed E-state index contributed by atoms with van der Waals surface area (Å²) in [4.78, 5) is 23.7. The maximum atomic E-state index is 11.8. The topological polar surface area (TPSA) is 70.6 Å². The molecule has 0 saturated heterocycles. The molecule has 2 rings (SSSR count). The highest BCUT2D eigenvalue weighted by molar-refractivity contribution is 9.10. The first-order valence-corrected chi connectivity index (χ1v) is 8.37. The summed E-state index contributed by atoms with van der Waals surface area (Å²) in [5.74, 6) is -1.47. The first-order chi connectivity index (χ1) is 10.7. The van der Waals surface area contributed by atoms with Gasteiger partial charge < -0.3 is 5.32 Å². The summed E-state index contributed by atoms with van der Waals surface area (Å²) in [5, 5.41) is 6.67. The molecule has 0 atom stereocenters. The Bertz CT molecular complexity index is 562. The quantitative estimate of drug-likeness (QED) is 0.620. The van der Waals surface area contributed by atoms with Crippen LogP contribution < -0.4 is 10.7 Å². The van der Waals surface area contributed by atoms with Crippen molar-refractivity contribution in [2.75, 3.05) is 5.32 Å². The lowest BCUT2D eigenvalue weighted by Crippen LogP contribution is -2.33. The highest BCUT2D eigenvalue weighted by Crippen LogP contribution is 2.21. The third kappa shape index (κ3) is 5.26. The average Bonchev–Trinajstić information content (AvgIpc) is 2.48. The summed E-state index contributed by atoms with van der Waals surface area (Å²) in [6.45, 7) is 0. The Kier molecular flexibility index (Phi) is 6.58. The number of anilines is 1. The number of hydrogen-bond donors (Lipinski definition) is 2. The Morgan fingerprint density at radius 3 is 2.27 bits per heavy atom. The lowest BCUT2D eigenvalue weighted by molar-refractivity contribution is -0.136. The van der Waals surface area contributed by atoms with Crippen LogP contribution in [0.2, 0.25) is 0 Å². The van der Waals surface area contributed by atoms with Gasteiger partial charge in [0.2, 0.25) is 0 Å². The number of benzene rings is 1. The van der Waals surface area contributed by atoms with Crippen LogP contribution in [-0.4, -0.2) is 17.5 Å². The Morgan fingerprint density at radius 1 is 0.955 bits per heavy atom. The minimum atomic E-state index is -0.745. The zero-order valence-electron chi connectivity index (χ0n) is 12.4. The fourth-order valence-corrected chi connectivity index (χ4v) is 2.73. The minimum absolute atomic E-state index is 0.557. The van der Waals surface area contributed by atoms with Crippen LogP contribution in [0.1, 0.15) is 44.9 Å². The predicted octanol–water partition coefficient (Wildman–Crippen LogP) is 3.60. The van der Waals surface area contributed by atoms with Gasteiger partial charge in [0.1, 0.15) is 0 Å². The van der Waals surface area contributed by atoms with Crippen LogP contribution in [0.4, 0.5) is 5.69 Å². The molecule has 5 nitrogen and oxygen atoms in total. The van der Waals surface area contributed by atoms with E-state index in [4.69, 9.17) is 0 Å². The molecule has 6 heteroatoms. The standard InChI is InChI=1S/C16H20BrN3O2/c17-13-10-6-7-11-14(13)18-15(21)16(22)20-19-12-8-4-2-1-3-5-9-12/h6-7,10-11H,1-5,8-9H2,(H,18,21)(H,20,22). The monoisotopic (exact) mass is 365 g/mol. The van der Waals surface area contributed by atoms with Gasteiger partial charge in [0.25, 0.3) is 0 Å². The van der Waals surface area contributed by atoms with E-state index in [2.05, 4.69) is 31.8 Å². The normalized spacial score (nSPS) is 15.4. The molecule has 118 valence electrons. The zero-order chi connectivity index (χ0) is 15.8. The van der Waals surface area contributed by atoms with Crippen molar-refractivity contribution < 1.29 is 9.59 Å². The van der Waals surface area contributed by atoms with Gasteiger partial charge in [0.15, 0.2) is 0 Å². The lowest BCUT2D eigenvalue weighted by atomic mass is 9.99. The van der Waals surface area contributed by atoms with E-state index in [1.165, 1.54) is 19.3 Å². The Hall–Kier alpha value is -1.69. The zero-order valence-corrected chi connectivity index (χ0v) is 14.0. The molecule has 1 aliphatic rings. The van der Waals surface area contributed by atoms with Crippen molar-refractivity contribution in [3.8, 4) is 0 Å². The summed E-state index contributed by atoms with van der Waals surface area (Å²) < 4.78 is 0.725. The van der Waals surface area contributed by atoms with Crippen molar-refractivity contribution in [1.29, 1.82) is 0 Å². The van der Waals surface area contributed by atoms with Gasteiger partial charge in [0.05, 0.1) is 5.69 Å². The number of hydrogen-bond acceptors (Lipinski definition) is 3. The molecule has 1 aromatic carbocycles. The van der Waals surface area contributed by atoms with Gasteiger partial charge >= 0.3 is 11.8 Å². The van der Waals surface area contributed by atoms with E-state index in [9.17, 15) is 9.59 Å². The van der Waals surface area contributed by atoms with E-state index in [0.29, 0.717) is 5.69 Å². The molecule has 1 saturated carbocycles. The highest BCUT2D eigenvalue weighted by Gasteiger charge is 2.15. The number of amides is 2. The van der Waals surface area contributed by atoms with Crippen LogP contribution in [0.5, 0.6) is 0 Å². The fraction of sp³-hybridized carbons (Fsp3) is 0.438. The van der Waals surface area contributed by atoms with E-state index in [1.54, 1.807) is 18.2 Å². The van der Waals surface area contributed by atoms with E-state index >= 15 is 0 Å². The Balaban J connectivity index is 1.88. The van der Waals surface area contributed by atoms with Gasteiger partial charge in [-0.15, -0.1) is 0 Å². The molecular formula is C16H20BrN3O2. The van der Waals surface area contributed by atoms with E-state index in [1.807, 2.05) is 6.07 Å². The molecule has 22 heavy (non-hydrogen) atoms. The second-order valence-corrected chi connectivity index (χ2v) is 6.18. The number of hydrazone groups is 1. The molecule has 1 aromatic rings. The summed E-state index contributed by atoms with van der Waals surface area (Å²) in [5.41, 5.74) is 3.89. The van der Waals surface area contributed by atoms with Gasteiger partial charge in [-0.1, -0.05) is 31.4 Å². The smallest absolute Gasteiger partial charge is 0.317 e. The van der Waals surface area contributed by atoms with Crippen molar-refractivity contribution in [2.45, 2.75) is 44.9 Å². The predicted molar refractivity (Wildman–Crippen MR) is 90.7 cm³/mol. The molecule has 0 unspecified atom stereocenters. The largest absolute Gasteiger partial charge is 0.329 e. The second-order valence-electron chi connectivity index (χ2n) is 5.32. The molecule has 0 radical (unpaired) electrons. The Morgan fingerprint density at radius 2 is 1.59 bits per heavy atom. The van der Waals surface area contributed by atoms with E-state index < -0.39 is 11.8 Å². The first-order valence-electron chi connectivity index (χ1n) is 7.58. The summed E-state index contributed by atoms with van der Waals surface area (Å²) in [6, 6.07) is 7.13. The molecule has 2 amide bonds. The molecule has 0 bridgehead atoms. The van der Waals surface area contributed by atoms with Crippen LogP contribution >= 0.6 is 15.9 Å². The molecule has 0 heterocycles. The Labute approximate surface area is 138 Å². The number of nitrogens with zero attached hydrogens (tertiary/aromatic N) is 1. The number of halogens is 1. The van der Waals surface area contributed by atoms with Crippen LogP contribution in [-0.2, 0) is 9.59 Å². The maximum absolute atomic E-state index is 11.8. The van der Waals surface area contributed by atoms with Gasteiger partial charge in [-0.2, -0.15) is 5.10 Å². The average molecular weight is 366 g/mol. The number of rotatable bonds is 2. The number of carbonyl (C=O) groups excluding carboxylic acids is 2. The van der Waals surface area contributed by atoms with Crippen LogP contribution in [0.25, 0.3) is 0 Å². The summed E-state index contributed by atoms with van der Waals surface area (Å²) in [6.07, 6.45) is 7.66. The van der Waals surface area contributed by atoms with Crippen LogP contribution in [0, 0.1) is 0 Å². The molecule has 1 aliphatic carbocycles. The van der Waals surface area contributed by atoms with Gasteiger partial charge in [0, 0.05) is 10.2 Å². The van der Waals surface area contributed by atoms with Crippen molar-refractivity contribution in [3.63, 3.8) is 0 Å². The first kappa shape index (κ1) is 16.7. The van der Waals surface area contributed by atoms with Crippen molar-refractivity contribution >= 4 is 39.1 Å². The molecule has 0 aromatic heterocycles. The molecular weight excluding hydrogens is 346 g/mol. The van der Waals surface area contributed by atoms with Crippen molar-refractivity contribution in [3.05, 3.63) is 28.7 Å². The number of carbonyl (C=O) groups is 2. The van der Waals surface area contributed by atoms with Crippen LogP contribution in [0.15, 0.2) is 33.8 Å². The molecule has 0 aliphatic heterocycles. The summed E-state index contributed by atoms with van der Waals surface area (Å²) in [7, 11) is 0. The third-order valence-corrected chi connectivity index (χ3v) is 4.27. The van der Waals surface area contributed by atoms with Gasteiger partial charge in [-0.05, 0) is 53.7 Å². The molecule has 2 N–H and O–H groups in total. The van der Waals surface area contributed by atoms with Crippen molar-refractivity contribution in [2.24, 2.45) is 5.10 Å². The minimum Gasteiger partial charge on any atom is -0.317 e. The summed E-state index contributed by atoms with van der Waals surface area (Å²) >= 11 is 3.32. The molecule has 1 fully saturated rings. The van der Waals surface area contributed by atoms with Gasteiger partial charge in [-0.3, -0.25) is 9.59 Å². The van der Waals surface area contributed by atoms with Crippen molar-refractivity contribution in [1.82, 2.24) is 5.43 Å². The SMILES string of the molecule is O=C(NN=C1CCCCCCC1)C(=O)Nc1ccccc1Br. The fourth-order valence-electron chi connectivity index (χ4n) is 2.35. The molecule has 0 spiro atoms. The number of para-hydroxylation sites is 1. The van der Waals surface area contributed by atoms with Gasteiger partial charge in [-0.25, -0.2) is 5.43 Å². The highest BCUT2D eigenvalue weighted by atomic mass is 79.9. The lowest BCUT2D eigenvalue weighted by Gasteiger charge is -2.11. The number of nitrogens with one attached hydrogen (secondary N) is 2. The van der Waals surface area contributed by atoms with E-state index in [-0.39, 0.29) is 0 Å². The third-order valence-electron chi connectivity index (χ3n) is 3.57.